The molecule has 27 heavy (non-hydrogen) atoms. The summed E-state index contributed by atoms with van der Waals surface area (Å²) in [5.41, 5.74) is 0. The summed E-state index contributed by atoms with van der Waals surface area (Å²) in [7, 11) is 0. The molecule has 1 fully saturated rings. The Labute approximate surface area is 161 Å². The van der Waals surface area contributed by atoms with Gasteiger partial charge in [-0.15, -0.1) is 0 Å². The molecule has 2 atom stereocenters. The van der Waals surface area contributed by atoms with Crippen molar-refractivity contribution in [1.29, 1.82) is 0 Å². The number of hydrogen-bond acceptors (Lipinski definition) is 4. The minimum Gasteiger partial charge on any atom is -0.486 e. The number of rotatable bonds is 7. The minimum absolute atomic E-state index is 0.0433. The lowest BCUT2D eigenvalue weighted by Crippen LogP contribution is -2.46. The lowest BCUT2D eigenvalue weighted by Gasteiger charge is -2.32. The van der Waals surface area contributed by atoms with Gasteiger partial charge in [0.2, 0.25) is 11.8 Å². The van der Waals surface area contributed by atoms with E-state index in [4.69, 9.17) is 9.47 Å². The Morgan fingerprint density at radius 3 is 2.59 bits per heavy atom. The van der Waals surface area contributed by atoms with Gasteiger partial charge in [0.05, 0.1) is 12.5 Å². The summed E-state index contributed by atoms with van der Waals surface area (Å²) < 4.78 is 11.8. The monoisotopic (exact) mass is 374 g/mol. The van der Waals surface area contributed by atoms with E-state index in [1.165, 1.54) is 0 Å². The number of benzene rings is 1. The second kappa shape index (κ2) is 8.63. The first-order valence-corrected chi connectivity index (χ1v) is 10.0. The van der Waals surface area contributed by atoms with Gasteiger partial charge in [-0.3, -0.25) is 9.59 Å². The van der Waals surface area contributed by atoms with E-state index in [1.54, 1.807) is 4.90 Å². The predicted octanol–water partition coefficient (Wildman–Crippen LogP) is 2.71. The molecule has 3 rings (SSSR count). The van der Waals surface area contributed by atoms with Gasteiger partial charge in [0.1, 0.15) is 6.61 Å². The van der Waals surface area contributed by atoms with Crippen LogP contribution < -0.4 is 9.47 Å². The van der Waals surface area contributed by atoms with E-state index in [-0.39, 0.29) is 29.9 Å². The second-order valence-electron chi connectivity index (χ2n) is 7.29. The van der Waals surface area contributed by atoms with Crippen molar-refractivity contribution in [1.82, 2.24) is 9.80 Å². The average molecular weight is 374 g/mol. The summed E-state index contributed by atoms with van der Waals surface area (Å²) in [5.74, 6) is 1.35. The van der Waals surface area contributed by atoms with E-state index in [2.05, 4.69) is 13.8 Å². The Kier molecular flexibility index (Phi) is 6.24. The number of ether oxygens (including phenoxy) is 2. The van der Waals surface area contributed by atoms with Crippen LogP contribution in [0.2, 0.25) is 0 Å². The van der Waals surface area contributed by atoms with E-state index in [0.29, 0.717) is 38.4 Å². The molecule has 2 aliphatic rings. The smallest absolute Gasteiger partial charge is 0.228 e. The molecule has 1 aromatic carbocycles. The molecule has 6 heteroatoms. The van der Waals surface area contributed by atoms with Gasteiger partial charge in [0.25, 0.3) is 0 Å². The van der Waals surface area contributed by atoms with Crippen molar-refractivity contribution in [3.8, 4) is 11.5 Å². The fourth-order valence-electron chi connectivity index (χ4n) is 4.01. The molecule has 0 N–H and O–H groups in total. The predicted molar refractivity (Wildman–Crippen MR) is 103 cm³/mol. The van der Waals surface area contributed by atoms with Crippen LogP contribution in [0.3, 0.4) is 0 Å². The van der Waals surface area contributed by atoms with Gasteiger partial charge >= 0.3 is 0 Å². The van der Waals surface area contributed by atoms with Gasteiger partial charge in [-0.1, -0.05) is 26.0 Å². The molecular weight excluding hydrogens is 344 g/mol. The maximum Gasteiger partial charge on any atom is 0.228 e. The number of hydrogen-bond donors (Lipinski definition) is 0. The highest BCUT2D eigenvalue weighted by molar-refractivity contribution is 5.89. The summed E-state index contributed by atoms with van der Waals surface area (Å²) >= 11 is 0. The first-order chi connectivity index (χ1) is 13.1. The quantitative estimate of drug-likeness (QED) is 0.736. The van der Waals surface area contributed by atoms with Gasteiger partial charge in [0.15, 0.2) is 17.6 Å². The van der Waals surface area contributed by atoms with E-state index < -0.39 is 0 Å². The van der Waals surface area contributed by atoms with E-state index in [0.717, 1.165) is 18.6 Å². The van der Waals surface area contributed by atoms with Gasteiger partial charge in [0, 0.05) is 25.6 Å². The number of likely N-dealkylation sites (N-methyl/N-ethyl adjacent to an activating group) is 1. The first kappa shape index (κ1) is 19.5. The molecule has 1 aromatic rings. The van der Waals surface area contributed by atoms with Crippen LogP contribution in [-0.4, -0.2) is 60.0 Å². The highest BCUT2D eigenvalue weighted by Gasteiger charge is 2.39. The summed E-state index contributed by atoms with van der Waals surface area (Å²) in [6, 6.07) is 7.81. The zero-order valence-electron chi connectivity index (χ0n) is 16.5. The Bertz CT molecular complexity index is 674. The molecule has 2 aliphatic heterocycles. The molecule has 0 aliphatic carbocycles. The van der Waals surface area contributed by atoms with Crippen LogP contribution in [0.4, 0.5) is 0 Å². The van der Waals surface area contributed by atoms with E-state index >= 15 is 0 Å². The van der Waals surface area contributed by atoms with Crippen molar-refractivity contribution >= 4 is 11.8 Å². The van der Waals surface area contributed by atoms with Crippen LogP contribution in [0, 0.1) is 5.92 Å². The third-order valence-corrected chi connectivity index (χ3v) is 5.58. The van der Waals surface area contributed by atoms with Crippen LogP contribution in [-0.2, 0) is 9.59 Å². The average Bonchev–Trinajstić information content (AvgIpc) is 3.08. The van der Waals surface area contributed by atoms with Crippen LogP contribution in [0.1, 0.15) is 40.0 Å². The highest BCUT2D eigenvalue weighted by Crippen LogP contribution is 2.31. The molecule has 0 saturated carbocycles. The van der Waals surface area contributed by atoms with Crippen molar-refractivity contribution in [2.45, 2.75) is 52.2 Å². The standard InChI is InChI=1S/C21H30N2O4/c1-4-16(5-2)23-12-15(11-20(23)24)21(25)22(6-3)13-17-14-26-18-9-7-8-10-19(18)27-17/h7-10,15-17H,4-6,11-14H2,1-3H3. The largest absolute Gasteiger partial charge is 0.486 e. The Morgan fingerprint density at radius 2 is 1.93 bits per heavy atom. The van der Waals surface area contributed by atoms with E-state index in [1.807, 2.05) is 36.1 Å². The number of likely N-dealkylation sites (tertiary alicyclic amines) is 1. The lowest BCUT2D eigenvalue weighted by molar-refractivity contribution is -0.137. The molecule has 2 unspecified atom stereocenters. The molecule has 0 spiro atoms. The lowest BCUT2D eigenvalue weighted by atomic mass is 10.1. The first-order valence-electron chi connectivity index (χ1n) is 10.0. The Balaban J connectivity index is 1.61. The van der Waals surface area contributed by atoms with Crippen molar-refractivity contribution in [3.63, 3.8) is 0 Å². The summed E-state index contributed by atoms with van der Waals surface area (Å²) in [6.45, 7) is 8.16. The zero-order valence-corrected chi connectivity index (χ0v) is 16.5. The zero-order chi connectivity index (χ0) is 19.4. The van der Waals surface area contributed by atoms with E-state index in [9.17, 15) is 9.59 Å². The topological polar surface area (TPSA) is 59.1 Å². The molecule has 0 aromatic heterocycles. The van der Waals surface area contributed by atoms with Gasteiger partial charge in [-0.2, -0.15) is 0 Å². The number of carbonyl (C=O) groups is 2. The van der Waals surface area contributed by atoms with Gasteiger partial charge in [-0.05, 0) is 31.9 Å². The maximum atomic E-state index is 13.0. The normalized spacial score (nSPS) is 21.6. The Hall–Kier alpha value is -2.24. The van der Waals surface area contributed by atoms with Crippen LogP contribution >= 0.6 is 0 Å². The molecule has 1 saturated heterocycles. The fourth-order valence-corrected chi connectivity index (χ4v) is 4.01. The summed E-state index contributed by atoms with van der Waals surface area (Å²) in [6.07, 6.45) is 1.97. The molecule has 2 amide bonds. The van der Waals surface area contributed by atoms with Crippen molar-refractivity contribution in [2.24, 2.45) is 5.92 Å². The third-order valence-electron chi connectivity index (χ3n) is 5.58. The number of nitrogens with zero attached hydrogens (tertiary/aromatic N) is 2. The summed E-state index contributed by atoms with van der Waals surface area (Å²) in [4.78, 5) is 29.1. The molecule has 148 valence electrons. The van der Waals surface area contributed by atoms with Crippen molar-refractivity contribution in [2.75, 3.05) is 26.2 Å². The number of fused-ring (bicyclic) bond motifs is 1. The molecule has 0 radical (unpaired) electrons. The number of carbonyl (C=O) groups excluding carboxylic acids is 2. The van der Waals surface area contributed by atoms with Crippen molar-refractivity contribution in [3.05, 3.63) is 24.3 Å². The molecule has 0 bridgehead atoms. The molecular formula is C21H30N2O4. The maximum absolute atomic E-state index is 13.0. The molecule has 6 nitrogen and oxygen atoms in total. The van der Waals surface area contributed by atoms with Crippen molar-refractivity contribution < 1.29 is 19.1 Å². The van der Waals surface area contributed by atoms with Crippen LogP contribution in [0.25, 0.3) is 0 Å². The summed E-state index contributed by atoms with van der Waals surface area (Å²) in [5, 5.41) is 0. The molecule has 2 heterocycles. The third kappa shape index (κ3) is 4.20. The van der Waals surface area contributed by atoms with Gasteiger partial charge < -0.3 is 19.3 Å². The number of amides is 2. The second-order valence-corrected chi connectivity index (χ2v) is 7.29. The van der Waals surface area contributed by atoms with Crippen LogP contribution in [0.15, 0.2) is 24.3 Å². The fraction of sp³-hybridized carbons (Fsp3) is 0.619. The minimum atomic E-state index is -0.255. The SMILES string of the molecule is CCC(CC)N1CC(C(=O)N(CC)CC2COc3ccccc3O2)CC1=O. The van der Waals surface area contributed by atoms with Crippen LogP contribution in [0.5, 0.6) is 11.5 Å². The number of para-hydroxylation sites is 2. The Morgan fingerprint density at radius 1 is 1.22 bits per heavy atom. The van der Waals surface area contributed by atoms with Gasteiger partial charge in [-0.25, -0.2) is 0 Å². The highest BCUT2D eigenvalue weighted by atomic mass is 16.6.